The van der Waals surface area contributed by atoms with E-state index in [0.29, 0.717) is 17.0 Å². The first-order valence-corrected chi connectivity index (χ1v) is 7.35. The monoisotopic (exact) mass is 266 g/mol. The summed E-state index contributed by atoms with van der Waals surface area (Å²) in [5.41, 5.74) is 1.08. The second-order valence-corrected chi connectivity index (χ2v) is 6.18. The summed E-state index contributed by atoms with van der Waals surface area (Å²) in [6.45, 7) is 5.60. The maximum Gasteiger partial charge on any atom is 0.345 e. The van der Waals surface area contributed by atoms with Crippen molar-refractivity contribution in [2.24, 2.45) is 0 Å². The molecule has 0 aliphatic carbocycles. The largest absolute Gasteiger partial charge is 0.477 e. The van der Waals surface area contributed by atoms with Crippen LogP contribution in [0.15, 0.2) is 11.4 Å². The van der Waals surface area contributed by atoms with Crippen molar-refractivity contribution >= 4 is 23.0 Å². The molecule has 5 heteroatoms. The molecule has 1 N–H and O–H groups in total. The van der Waals surface area contributed by atoms with Gasteiger partial charge in [-0.05, 0) is 32.4 Å². The van der Waals surface area contributed by atoms with Gasteiger partial charge in [0.15, 0.2) is 0 Å². The van der Waals surface area contributed by atoms with Crippen molar-refractivity contribution < 1.29 is 9.90 Å². The van der Waals surface area contributed by atoms with E-state index in [-0.39, 0.29) is 0 Å². The van der Waals surface area contributed by atoms with Crippen molar-refractivity contribution in [3.05, 3.63) is 16.3 Å². The summed E-state index contributed by atoms with van der Waals surface area (Å²) >= 11 is 1.32. The number of carbonyl (C=O) groups is 1. The Balaban J connectivity index is 1.80. The highest BCUT2D eigenvalue weighted by Gasteiger charge is 2.34. The van der Waals surface area contributed by atoms with Crippen molar-refractivity contribution in [1.82, 2.24) is 4.90 Å². The highest BCUT2D eigenvalue weighted by atomic mass is 32.1. The Hall–Kier alpha value is -1.07. The Morgan fingerprint density at radius 3 is 3.06 bits per heavy atom. The van der Waals surface area contributed by atoms with E-state index in [2.05, 4.69) is 16.7 Å². The minimum atomic E-state index is -0.821. The molecule has 4 nitrogen and oxygen atoms in total. The van der Waals surface area contributed by atoms with Gasteiger partial charge in [0, 0.05) is 36.2 Å². The molecule has 1 aromatic rings. The van der Waals surface area contributed by atoms with E-state index in [1.165, 1.54) is 30.7 Å². The third-order valence-corrected chi connectivity index (χ3v) is 4.97. The van der Waals surface area contributed by atoms with E-state index in [1.54, 1.807) is 0 Å². The Kier molecular flexibility index (Phi) is 3.03. The van der Waals surface area contributed by atoms with E-state index in [0.717, 1.165) is 18.8 Å². The molecular formula is C13H18N2O2S. The Morgan fingerprint density at radius 1 is 1.50 bits per heavy atom. The molecule has 0 bridgehead atoms. The number of thiophene rings is 1. The van der Waals surface area contributed by atoms with Crippen LogP contribution in [0.2, 0.25) is 0 Å². The number of carboxylic acids is 1. The topological polar surface area (TPSA) is 43.8 Å². The van der Waals surface area contributed by atoms with Gasteiger partial charge in [-0.25, -0.2) is 4.79 Å². The molecule has 1 aromatic heterocycles. The number of aromatic carboxylic acids is 1. The quantitative estimate of drug-likeness (QED) is 0.890. The molecule has 0 amide bonds. The van der Waals surface area contributed by atoms with Gasteiger partial charge in [-0.1, -0.05) is 0 Å². The lowest BCUT2D eigenvalue weighted by Gasteiger charge is -2.43. The first-order valence-electron chi connectivity index (χ1n) is 6.47. The molecule has 2 unspecified atom stereocenters. The molecule has 2 saturated heterocycles. The molecular weight excluding hydrogens is 248 g/mol. The SMILES string of the molecule is CC1CN2CCCC2CN1c1csc(C(=O)O)c1. The van der Waals surface area contributed by atoms with Gasteiger partial charge in [0.05, 0.1) is 0 Å². The fourth-order valence-corrected chi connectivity index (χ4v) is 3.88. The van der Waals surface area contributed by atoms with Gasteiger partial charge in [0.2, 0.25) is 0 Å². The fraction of sp³-hybridized carbons (Fsp3) is 0.615. The van der Waals surface area contributed by atoms with Gasteiger partial charge in [-0.3, -0.25) is 4.90 Å². The third kappa shape index (κ3) is 2.01. The van der Waals surface area contributed by atoms with Crippen LogP contribution in [0.3, 0.4) is 0 Å². The van der Waals surface area contributed by atoms with E-state index in [9.17, 15) is 4.79 Å². The predicted molar refractivity (Wildman–Crippen MR) is 72.7 cm³/mol. The molecule has 98 valence electrons. The van der Waals surface area contributed by atoms with E-state index in [4.69, 9.17) is 5.11 Å². The number of fused-ring (bicyclic) bond motifs is 1. The van der Waals surface area contributed by atoms with Crippen molar-refractivity contribution in [2.75, 3.05) is 24.5 Å². The number of anilines is 1. The molecule has 2 atom stereocenters. The summed E-state index contributed by atoms with van der Waals surface area (Å²) in [6.07, 6.45) is 2.58. The second kappa shape index (κ2) is 4.55. The van der Waals surface area contributed by atoms with Crippen LogP contribution in [-0.4, -0.2) is 47.7 Å². The third-order valence-electron chi connectivity index (χ3n) is 4.07. The van der Waals surface area contributed by atoms with Crippen LogP contribution in [0.25, 0.3) is 0 Å². The molecule has 18 heavy (non-hydrogen) atoms. The summed E-state index contributed by atoms with van der Waals surface area (Å²) in [5, 5.41) is 11.0. The maximum absolute atomic E-state index is 10.9. The van der Waals surface area contributed by atoms with Gasteiger partial charge in [0.25, 0.3) is 0 Å². The molecule has 2 aliphatic rings. The average Bonchev–Trinajstić information content (AvgIpc) is 2.94. The van der Waals surface area contributed by atoms with Crippen molar-refractivity contribution in [3.63, 3.8) is 0 Å². The van der Waals surface area contributed by atoms with Crippen LogP contribution < -0.4 is 4.90 Å². The van der Waals surface area contributed by atoms with Gasteiger partial charge in [-0.15, -0.1) is 11.3 Å². The van der Waals surface area contributed by atoms with Gasteiger partial charge in [0.1, 0.15) is 4.88 Å². The first kappa shape index (κ1) is 12.0. The predicted octanol–water partition coefficient (Wildman–Crippen LogP) is 2.12. The van der Waals surface area contributed by atoms with Crippen molar-refractivity contribution in [3.8, 4) is 0 Å². The van der Waals surface area contributed by atoms with Crippen LogP contribution in [-0.2, 0) is 0 Å². The number of carboxylic acid groups (broad SMARTS) is 1. The van der Waals surface area contributed by atoms with Crippen LogP contribution >= 0.6 is 11.3 Å². The normalized spacial score (nSPS) is 28.4. The van der Waals surface area contributed by atoms with E-state index < -0.39 is 5.97 Å². The minimum absolute atomic E-state index is 0.436. The van der Waals surface area contributed by atoms with Crippen LogP contribution in [0, 0.1) is 0 Å². The molecule has 2 fully saturated rings. The second-order valence-electron chi connectivity index (χ2n) is 5.27. The van der Waals surface area contributed by atoms with Gasteiger partial charge >= 0.3 is 5.97 Å². The lowest BCUT2D eigenvalue weighted by molar-refractivity contribution is 0.0702. The summed E-state index contributed by atoms with van der Waals surface area (Å²) < 4.78 is 0. The standard InChI is InChI=1S/C13H18N2O2S/c1-9-6-14-4-2-3-10(14)7-15(9)11-5-12(13(16)17)18-8-11/h5,8-10H,2-4,6-7H2,1H3,(H,16,17). The van der Waals surface area contributed by atoms with Gasteiger partial charge < -0.3 is 10.0 Å². The maximum atomic E-state index is 10.9. The van der Waals surface area contributed by atoms with Crippen molar-refractivity contribution in [1.29, 1.82) is 0 Å². The Bertz CT molecular complexity index is 460. The van der Waals surface area contributed by atoms with E-state index in [1.807, 2.05) is 11.4 Å². The van der Waals surface area contributed by atoms with E-state index >= 15 is 0 Å². The fourth-order valence-electron chi connectivity index (χ4n) is 3.14. The number of piperazine rings is 1. The van der Waals surface area contributed by atoms with Crippen LogP contribution in [0.1, 0.15) is 29.4 Å². The molecule has 0 radical (unpaired) electrons. The number of nitrogens with zero attached hydrogens (tertiary/aromatic N) is 2. The lowest BCUT2D eigenvalue weighted by Crippen LogP contribution is -2.55. The molecule has 0 spiro atoms. The molecule has 3 rings (SSSR count). The molecule has 3 heterocycles. The van der Waals surface area contributed by atoms with Crippen molar-refractivity contribution in [2.45, 2.75) is 31.8 Å². The zero-order valence-corrected chi connectivity index (χ0v) is 11.3. The highest BCUT2D eigenvalue weighted by molar-refractivity contribution is 7.12. The minimum Gasteiger partial charge on any atom is -0.477 e. The Labute approximate surface area is 111 Å². The van der Waals surface area contributed by atoms with Gasteiger partial charge in [-0.2, -0.15) is 0 Å². The summed E-state index contributed by atoms with van der Waals surface area (Å²) in [5.74, 6) is -0.821. The Morgan fingerprint density at radius 2 is 2.33 bits per heavy atom. The average molecular weight is 266 g/mol. The zero-order valence-electron chi connectivity index (χ0n) is 10.5. The number of hydrogen-bond donors (Lipinski definition) is 1. The number of hydrogen-bond acceptors (Lipinski definition) is 4. The zero-order chi connectivity index (χ0) is 12.7. The summed E-state index contributed by atoms with van der Waals surface area (Å²) in [7, 11) is 0. The smallest absolute Gasteiger partial charge is 0.345 e. The highest BCUT2D eigenvalue weighted by Crippen LogP contribution is 2.31. The van der Waals surface area contributed by atoms with Crippen LogP contribution in [0.4, 0.5) is 5.69 Å². The first-order chi connectivity index (χ1) is 8.65. The van der Waals surface area contributed by atoms with Crippen LogP contribution in [0.5, 0.6) is 0 Å². The summed E-state index contributed by atoms with van der Waals surface area (Å²) in [6, 6.07) is 2.94. The summed E-state index contributed by atoms with van der Waals surface area (Å²) in [4.78, 5) is 16.3. The number of rotatable bonds is 2. The lowest BCUT2D eigenvalue weighted by atomic mass is 10.1. The molecule has 0 aromatic carbocycles. The molecule has 2 aliphatic heterocycles. The molecule has 0 saturated carbocycles.